The third-order valence-corrected chi connectivity index (χ3v) is 2.65. The van der Waals surface area contributed by atoms with Crippen LogP contribution in [0.25, 0.3) is 0 Å². The Morgan fingerprint density at radius 2 is 1.73 bits per heavy atom. The molecule has 1 rings (SSSR count). The third kappa shape index (κ3) is 1.91. The van der Waals surface area contributed by atoms with Gasteiger partial charge in [-0.15, -0.1) is 0 Å². The van der Waals surface area contributed by atoms with Crippen LogP contribution in [0, 0.1) is 0 Å². The summed E-state index contributed by atoms with van der Waals surface area (Å²) in [6, 6.07) is 8.91. The van der Waals surface area contributed by atoms with Gasteiger partial charge in [-0.2, -0.15) is 0 Å². The molecule has 1 atom stereocenters. The van der Waals surface area contributed by atoms with E-state index in [1.54, 1.807) is 31.2 Å². The molecule has 80 valence electrons. The highest BCUT2D eigenvalue weighted by Gasteiger charge is 2.41. The normalized spacial score (nSPS) is 14.1. The first kappa shape index (κ1) is 11.4. The molecule has 0 bridgehead atoms. The van der Waals surface area contributed by atoms with E-state index in [4.69, 9.17) is 0 Å². The van der Waals surface area contributed by atoms with Gasteiger partial charge in [0.25, 0.3) is 0 Å². The lowest BCUT2D eigenvalue weighted by molar-refractivity contribution is -0.150. The van der Waals surface area contributed by atoms with Gasteiger partial charge in [0.15, 0.2) is 5.78 Å². The molecule has 0 fully saturated rings. The van der Waals surface area contributed by atoms with Crippen LogP contribution in [0.1, 0.15) is 19.4 Å². The number of methoxy groups -OCH3 is 1. The lowest BCUT2D eigenvalue weighted by Crippen LogP contribution is -2.40. The van der Waals surface area contributed by atoms with Crippen LogP contribution in [0.2, 0.25) is 0 Å². The van der Waals surface area contributed by atoms with E-state index in [1.165, 1.54) is 14.0 Å². The Bertz CT molecular complexity index is 370. The minimum Gasteiger partial charge on any atom is -0.468 e. The Morgan fingerprint density at radius 1 is 1.20 bits per heavy atom. The summed E-state index contributed by atoms with van der Waals surface area (Å²) in [6.45, 7) is 2.97. The molecular weight excluding hydrogens is 192 g/mol. The highest BCUT2D eigenvalue weighted by Crippen LogP contribution is 2.26. The molecule has 0 radical (unpaired) electrons. The van der Waals surface area contributed by atoms with E-state index < -0.39 is 11.4 Å². The highest BCUT2D eigenvalue weighted by molar-refractivity contribution is 6.08. The molecule has 0 aliphatic carbocycles. The highest BCUT2D eigenvalue weighted by atomic mass is 16.5. The van der Waals surface area contributed by atoms with Crippen LogP contribution in [0.5, 0.6) is 0 Å². The summed E-state index contributed by atoms with van der Waals surface area (Å²) in [5.74, 6) is -0.748. The van der Waals surface area contributed by atoms with Crippen molar-refractivity contribution in [3.8, 4) is 0 Å². The average molecular weight is 206 g/mol. The van der Waals surface area contributed by atoms with E-state index >= 15 is 0 Å². The van der Waals surface area contributed by atoms with Gasteiger partial charge in [0, 0.05) is 0 Å². The molecule has 0 amide bonds. The van der Waals surface area contributed by atoms with Gasteiger partial charge in [0.1, 0.15) is 5.41 Å². The molecular formula is C12H14O3. The largest absolute Gasteiger partial charge is 0.468 e. The fourth-order valence-corrected chi connectivity index (χ4v) is 1.44. The number of hydrogen-bond acceptors (Lipinski definition) is 3. The Morgan fingerprint density at radius 3 is 2.13 bits per heavy atom. The van der Waals surface area contributed by atoms with Gasteiger partial charge in [0.05, 0.1) is 7.11 Å². The molecule has 0 N–H and O–H groups in total. The zero-order chi connectivity index (χ0) is 11.5. The predicted octanol–water partition coefficient (Wildman–Crippen LogP) is 1.71. The van der Waals surface area contributed by atoms with Crippen LogP contribution in [0.15, 0.2) is 30.3 Å². The maximum atomic E-state index is 11.6. The molecule has 0 aliphatic heterocycles. The van der Waals surface area contributed by atoms with E-state index in [1.807, 2.05) is 6.07 Å². The second-order valence-corrected chi connectivity index (χ2v) is 3.54. The standard InChI is InChI=1S/C12H14O3/c1-9(13)12(2,11(14)15-3)10-7-5-4-6-8-10/h4-8H,1-3H3. The number of rotatable bonds is 3. The van der Waals surface area contributed by atoms with E-state index in [0.717, 1.165) is 0 Å². The fourth-order valence-electron chi connectivity index (χ4n) is 1.44. The number of ether oxygens (including phenoxy) is 1. The van der Waals surface area contributed by atoms with Crippen LogP contribution in [0.4, 0.5) is 0 Å². The lowest BCUT2D eigenvalue weighted by atomic mass is 9.79. The van der Waals surface area contributed by atoms with Gasteiger partial charge in [0.2, 0.25) is 0 Å². The quantitative estimate of drug-likeness (QED) is 0.558. The smallest absolute Gasteiger partial charge is 0.323 e. The van der Waals surface area contributed by atoms with Crippen LogP contribution in [0.3, 0.4) is 0 Å². The fraction of sp³-hybridized carbons (Fsp3) is 0.333. The molecule has 15 heavy (non-hydrogen) atoms. The predicted molar refractivity (Wildman–Crippen MR) is 56.5 cm³/mol. The molecule has 0 aromatic heterocycles. The Hall–Kier alpha value is -1.64. The monoisotopic (exact) mass is 206 g/mol. The first-order chi connectivity index (χ1) is 7.03. The van der Waals surface area contributed by atoms with Gasteiger partial charge >= 0.3 is 5.97 Å². The molecule has 0 saturated heterocycles. The summed E-state index contributed by atoms with van der Waals surface area (Å²) >= 11 is 0. The second kappa shape index (κ2) is 4.26. The molecule has 1 aromatic rings. The number of Topliss-reactive ketones (excluding diaryl/α,β-unsaturated/α-hetero) is 1. The van der Waals surface area contributed by atoms with Crippen molar-refractivity contribution < 1.29 is 14.3 Å². The second-order valence-electron chi connectivity index (χ2n) is 3.54. The van der Waals surface area contributed by atoms with Gasteiger partial charge in [-0.1, -0.05) is 30.3 Å². The SMILES string of the molecule is COC(=O)C(C)(C(C)=O)c1ccccc1. The van der Waals surface area contributed by atoms with Crippen LogP contribution < -0.4 is 0 Å². The molecule has 1 aromatic carbocycles. The molecule has 1 unspecified atom stereocenters. The molecule has 3 nitrogen and oxygen atoms in total. The van der Waals surface area contributed by atoms with Crippen LogP contribution in [-0.4, -0.2) is 18.9 Å². The number of carbonyl (C=O) groups excluding carboxylic acids is 2. The van der Waals surface area contributed by atoms with E-state index in [9.17, 15) is 9.59 Å². The van der Waals surface area contributed by atoms with E-state index in [-0.39, 0.29) is 5.78 Å². The Labute approximate surface area is 89.1 Å². The van der Waals surface area contributed by atoms with Crippen molar-refractivity contribution in [2.24, 2.45) is 0 Å². The van der Waals surface area contributed by atoms with Crippen molar-refractivity contribution in [3.05, 3.63) is 35.9 Å². The van der Waals surface area contributed by atoms with Crippen molar-refractivity contribution in [3.63, 3.8) is 0 Å². The van der Waals surface area contributed by atoms with Crippen molar-refractivity contribution in [2.45, 2.75) is 19.3 Å². The maximum absolute atomic E-state index is 11.6. The summed E-state index contributed by atoms with van der Waals surface area (Å²) in [4.78, 5) is 23.2. The van der Waals surface area contributed by atoms with Gasteiger partial charge in [-0.05, 0) is 19.4 Å². The summed E-state index contributed by atoms with van der Waals surface area (Å²) in [7, 11) is 1.28. The third-order valence-electron chi connectivity index (χ3n) is 2.65. The minimum atomic E-state index is -1.20. The van der Waals surface area contributed by atoms with Crippen LogP contribution in [-0.2, 0) is 19.7 Å². The van der Waals surface area contributed by atoms with Crippen molar-refractivity contribution in [1.29, 1.82) is 0 Å². The maximum Gasteiger partial charge on any atom is 0.323 e. The number of benzene rings is 1. The van der Waals surface area contributed by atoms with Crippen molar-refractivity contribution in [2.75, 3.05) is 7.11 Å². The molecule has 0 spiro atoms. The van der Waals surface area contributed by atoms with Gasteiger partial charge < -0.3 is 4.74 Å². The molecule has 0 heterocycles. The lowest BCUT2D eigenvalue weighted by Gasteiger charge is -2.23. The number of ketones is 1. The summed E-state index contributed by atoms with van der Waals surface area (Å²) in [5, 5.41) is 0. The number of esters is 1. The number of carbonyl (C=O) groups is 2. The first-order valence-electron chi connectivity index (χ1n) is 4.68. The minimum absolute atomic E-state index is 0.222. The Balaban J connectivity index is 3.25. The zero-order valence-corrected chi connectivity index (χ0v) is 9.11. The summed E-state index contributed by atoms with van der Waals surface area (Å²) < 4.78 is 4.67. The van der Waals surface area contributed by atoms with Crippen molar-refractivity contribution >= 4 is 11.8 Å². The zero-order valence-electron chi connectivity index (χ0n) is 9.11. The first-order valence-corrected chi connectivity index (χ1v) is 4.68. The van der Waals surface area contributed by atoms with Gasteiger partial charge in [-0.25, -0.2) is 0 Å². The topological polar surface area (TPSA) is 43.4 Å². The van der Waals surface area contributed by atoms with Crippen molar-refractivity contribution in [1.82, 2.24) is 0 Å². The summed E-state index contributed by atoms with van der Waals surface area (Å²) in [6.07, 6.45) is 0. The van der Waals surface area contributed by atoms with E-state index in [0.29, 0.717) is 5.56 Å². The molecule has 3 heteroatoms. The Kier molecular flexibility index (Phi) is 3.24. The van der Waals surface area contributed by atoms with Crippen LogP contribution >= 0.6 is 0 Å². The summed E-state index contributed by atoms with van der Waals surface area (Å²) in [5.41, 5.74) is -0.542. The molecule has 0 aliphatic rings. The van der Waals surface area contributed by atoms with Gasteiger partial charge in [-0.3, -0.25) is 9.59 Å². The van der Waals surface area contributed by atoms with E-state index in [2.05, 4.69) is 4.74 Å². The molecule has 0 saturated carbocycles. The number of hydrogen-bond donors (Lipinski definition) is 0. The average Bonchev–Trinajstić information content (AvgIpc) is 2.27.